The van der Waals surface area contributed by atoms with Gasteiger partial charge in [-0.25, -0.2) is 4.98 Å². The highest BCUT2D eigenvalue weighted by atomic mass is 32.2. The number of nitrogens with zero attached hydrogens (tertiary/aromatic N) is 4. The molecule has 1 atom stereocenters. The Balaban J connectivity index is 1.59. The van der Waals surface area contributed by atoms with Gasteiger partial charge >= 0.3 is 0 Å². The maximum absolute atomic E-state index is 12.4. The van der Waals surface area contributed by atoms with Crippen LogP contribution in [0.3, 0.4) is 0 Å². The van der Waals surface area contributed by atoms with Crippen molar-refractivity contribution in [2.45, 2.75) is 43.5 Å². The molecule has 6 nitrogen and oxygen atoms in total. The number of thioether (sulfide) groups is 1. The number of para-hydroxylation sites is 1. The Hall–Kier alpha value is -2.93. The third-order valence-electron chi connectivity index (χ3n) is 5.14. The summed E-state index contributed by atoms with van der Waals surface area (Å²) < 4.78 is 1.98. The number of fused-ring (bicyclic) bond motifs is 1. The van der Waals surface area contributed by atoms with E-state index >= 15 is 0 Å². The van der Waals surface area contributed by atoms with E-state index in [2.05, 4.69) is 65.2 Å². The summed E-state index contributed by atoms with van der Waals surface area (Å²) in [6.45, 7) is 8.60. The van der Waals surface area contributed by atoms with Gasteiger partial charge in [0.25, 0.3) is 5.56 Å². The van der Waals surface area contributed by atoms with Gasteiger partial charge in [-0.05, 0) is 30.0 Å². The fourth-order valence-corrected chi connectivity index (χ4v) is 4.17. The number of hydrogen-bond donors (Lipinski definition) is 1. The molecular formula is C23H25N5OS. The van der Waals surface area contributed by atoms with E-state index in [4.69, 9.17) is 0 Å². The SMILES string of the molecule is C[C@@H](Sc1nnc(-c2ccc(C(C)(C)C)cc2)n1C)c1nc2ccccc2c(=O)[nH]1. The Kier molecular flexibility index (Phi) is 5.24. The van der Waals surface area contributed by atoms with Crippen molar-refractivity contribution in [3.05, 3.63) is 70.3 Å². The van der Waals surface area contributed by atoms with Crippen molar-refractivity contribution >= 4 is 22.7 Å². The van der Waals surface area contributed by atoms with Gasteiger partial charge in [0.15, 0.2) is 11.0 Å². The lowest BCUT2D eigenvalue weighted by Crippen LogP contribution is -2.13. The second-order valence-electron chi connectivity index (χ2n) is 8.42. The minimum Gasteiger partial charge on any atom is -0.309 e. The van der Waals surface area contributed by atoms with Crippen molar-refractivity contribution < 1.29 is 0 Å². The predicted molar refractivity (Wildman–Crippen MR) is 122 cm³/mol. The molecule has 4 rings (SSSR count). The lowest BCUT2D eigenvalue weighted by Gasteiger charge is -2.19. The monoisotopic (exact) mass is 419 g/mol. The van der Waals surface area contributed by atoms with Crippen LogP contribution in [0.15, 0.2) is 58.5 Å². The van der Waals surface area contributed by atoms with Crippen LogP contribution in [0, 0.1) is 0 Å². The number of nitrogens with one attached hydrogen (secondary N) is 1. The molecule has 0 saturated heterocycles. The highest BCUT2D eigenvalue weighted by Gasteiger charge is 2.19. The Bertz CT molecular complexity index is 1250. The van der Waals surface area contributed by atoms with E-state index in [-0.39, 0.29) is 16.2 Å². The quantitative estimate of drug-likeness (QED) is 0.478. The second-order valence-corrected chi connectivity index (χ2v) is 9.73. The fraction of sp³-hybridized carbons (Fsp3) is 0.304. The van der Waals surface area contributed by atoms with Gasteiger partial charge in [0.2, 0.25) is 0 Å². The van der Waals surface area contributed by atoms with Crippen LogP contribution in [0.25, 0.3) is 22.3 Å². The van der Waals surface area contributed by atoms with Crippen molar-refractivity contribution in [1.82, 2.24) is 24.7 Å². The van der Waals surface area contributed by atoms with Crippen LogP contribution in [0.4, 0.5) is 0 Å². The largest absolute Gasteiger partial charge is 0.309 e. The topological polar surface area (TPSA) is 76.5 Å². The second kappa shape index (κ2) is 7.72. The van der Waals surface area contributed by atoms with Gasteiger partial charge in [-0.2, -0.15) is 0 Å². The average Bonchev–Trinajstić information content (AvgIpc) is 3.07. The predicted octanol–water partition coefficient (Wildman–Crippen LogP) is 4.87. The third kappa shape index (κ3) is 3.89. The first kappa shape index (κ1) is 20.3. The maximum Gasteiger partial charge on any atom is 0.258 e. The lowest BCUT2D eigenvalue weighted by atomic mass is 9.87. The summed E-state index contributed by atoms with van der Waals surface area (Å²) >= 11 is 1.52. The standard InChI is InChI=1S/C23H25N5OS/c1-14(19-24-18-9-7-6-8-17(18)21(29)25-19)30-22-27-26-20(28(22)5)15-10-12-16(13-11-15)23(2,3)4/h6-14H,1-5H3,(H,24,25,29)/t14-/m1/s1. The number of hydrogen-bond acceptors (Lipinski definition) is 5. The molecular weight excluding hydrogens is 394 g/mol. The molecule has 30 heavy (non-hydrogen) atoms. The third-order valence-corrected chi connectivity index (χ3v) is 6.29. The molecule has 0 spiro atoms. The highest BCUT2D eigenvalue weighted by molar-refractivity contribution is 7.99. The molecule has 2 aromatic carbocycles. The Morgan fingerprint density at radius 3 is 2.43 bits per heavy atom. The molecule has 0 unspecified atom stereocenters. The van der Waals surface area contributed by atoms with Gasteiger partial charge in [0.05, 0.1) is 16.2 Å². The van der Waals surface area contributed by atoms with Crippen LogP contribution in [0.5, 0.6) is 0 Å². The van der Waals surface area contributed by atoms with Gasteiger partial charge < -0.3 is 9.55 Å². The average molecular weight is 420 g/mol. The highest BCUT2D eigenvalue weighted by Crippen LogP contribution is 2.33. The maximum atomic E-state index is 12.4. The summed E-state index contributed by atoms with van der Waals surface area (Å²) in [7, 11) is 1.96. The Morgan fingerprint density at radius 2 is 1.73 bits per heavy atom. The minimum atomic E-state index is -0.124. The van der Waals surface area contributed by atoms with Crippen molar-refractivity contribution in [3.8, 4) is 11.4 Å². The molecule has 7 heteroatoms. The van der Waals surface area contributed by atoms with Crippen molar-refractivity contribution in [1.29, 1.82) is 0 Å². The summed E-state index contributed by atoms with van der Waals surface area (Å²) in [5, 5.41) is 10.0. The van der Waals surface area contributed by atoms with E-state index < -0.39 is 0 Å². The van der Waals surface area contributed by atoms with E-state index in [0.29, 0.717) is 16.7 Å². The molecule has 154 valence electrons. The van der Waals surface area contributed by atoms with E-state index in [1.165, 1.54) is 17.3 Å². The summed E-state index contributed by atoms with van der Waals surface area (Å²) in [6.07, 6.45) is 0. The first-order valence-electron chi connectivity index (χ1n) is 9.90. The first-order chi connectivity index (χ1) is 14.2. The molecule has 0 fully saturated rings. The first-order valence-corrected chi connectivity index (χ1v) is 10.8. The van der Waals surface area contributed by atoms with Gasteiger partial charge in [-0.3, -0.25) is 4.79 Å². The zero-order valence-electron chi connectivity index (χ0n) is 17.8. The van der Waals surface area contributed by atoms with Gasteiger partial charge in [-0.15, -0.1) is 10.2 Å². The molecule has 2 aromatic heterocycles. The lowest BCUT2D eigenvalue weighted by molar-refractivity contribution is 0.590. The molecule has 4 aromatic rings. The zero-order valence-corrected chi connectivity index (χ0v) is 18.6. The van der Waals surface area contributed by atoms with E-state index in [0.717, 1.165) is 16.5 Å². The number of aromatic amines is 1. The van der Waals surface area contributed by atoms with E-state index in [9.17, 15) is 4.79 Å². The zero-order chi connectivity index (χ0) is 21.5. The van der Waals surface area contributed by atoms with Crippen LogP contribution < -0.4 is 5.56 Å². The van der Waals surface area contributed by atoms with Gasteiger partial charge in [0, 0.05) is 12.6 Å². The smallest absolute Gasteiger partial charge is 0.258 e. The Morgan fingerprint density at radius 1 is 1.03 bits per heavy atom. The summed E-state index contributed by atoms with van der Waals surface area (Å²) in [6, 6.07) is 15.8. The summed E-state index contributed by atoms with van der Waals surface area (Å²) in [5.41, 5.74) is 2.98. The molecule has 1 N–H and O–H groups in total. The number of benzene rings is 2. The molecule has 0 bridgehead atoms. The number of H-pyrrole nitrogens is 1. The van der Waals surface area contributed by atoms with Crippen LogP contribution in [-0.4, -0.2) is 24.7 Å². The fourth-order valence-electron chi connectivity index (χ4n) is 3.30. The van der Waals surface area contributed by atoms with Crippen molar-refractivity contribution in [2.75, 3.05) is 0 Å². The minimum absolute atomic E-state index is 0.0821. The number of rotatable bonds is 4. The van der Waals surface area contributed by atoms with E-state index in [1.54, 1.807) is 6.07 Å². The molecule has 0 aliphatic carbocycles. The van der Waals surface area contributed by atoms with Crippen molar-refractivity contribution in [3.63, 3.8) is 0 Å². The molecule has 0 amide bonds. The van der Waals surface area contributed by atoms with Crippen molar-refractivity contribution in [2.24, 2.45) is 7.05 Å². The van der Waals surface area contributed by atoms with E-state index in [1.807, 2.05) is 36.7 Å². The van der Waals surface area contributed by atoms with Crippen LogP contribution >= 0.6 is 11.8 Å². The summed E-state index contributed by atoms with van der Waals surface area (Å²) in [5.74, 6) is 1.44. The normalized spacial score (nSPS) is 13.0. The molecule has 0 radical (unpaired) electrons. The Labute approximate surface area is 179 Å². The van der Waals surface area contributed by atoms with Crippen LogP contribution in [0.2, 0.25) is 0 Å². The molecule has 0 aliphatic rings. The summed E-state index contributed by atoms with van der Waals surface area (Å²) in [4.78, 5) is 19.9. The van der Waals surface area contributed by atoms with Crippen LogP contribution in [0.1, 0.15) is 44.3 Å². The van der Waals surface area contributed by atoms with Gasteiger partial charge in [0.1, 0.15) is 5.82 Å². The molecule has 0 saturated carbocycles. The van der Waals surface area contributed by atoms with Crippen LogP contribution in [-0.2, 0) is 12.5 Å². The molecule has 2 heterocycles. The molecule has 0 aliphatic heterocycles. The van der Waals surface area contributed by atoms with Gasteiger partial charge in [-0.1, -0.05) is 68.9 Å². The number of aromatic nitrogens is 5.